The number of aryl methyl sites for hydroxylation is 1. The highest BCUT2D eigenvalue weighted by Gasteiger charge is 2.60. The van der Waals surface area contributed by atoms with Gasteiger partial charge in [-0.3, -0.25) is 4.79 Å². The van der Waals surface area contributed by atoms with Gasteiger partial charge in [-0.1, -0.05) is 34.8 Å². The van der Waals surface area contributed by atoms with Crippen LogP contribution >= 0.6 is 58.1 Å². The van der Waals surface area contributed by atoms with E-state index in [4.69, 9.17) is 34.8 Å². The van der Waals surface area contributed by atoms with Crippen molar-refractivity contribution < 1.29 is 31.1 Å². The highest BCUT2D eigenvalue weighted by atomic mass is 35.5. The minimum absolute atomic E-state index is 0.0393. The van der Waals surface area contributed by atoms with Crippen LogP contribution in [0.4, 0.5) is 26.3 Å². The third-order valence-electron chi connectivity index (χ3n) is 4.49. The van der Waals surface area contributed by atoms with Gasteiger partial charge in [0.15, 0.2) is 4.75 Å². The van der Waals surface area contributed by atoms with Crippen molar-refractivity contribution in [3.8, 4) is 0 Å². The van der Waals surface area contributed by atoms with E-state index >= 15 is 0 Å². The van der Waals surface area contributed by atoms with Crippen molar-refractivity contribution in [1.82, 2.24) is 5.32 Å². The molecule has 2 aromatic rings. The van der Waals surface area contributed by atoms with Gasteiger partial charge in [0.25, 0.3) is 5.91 Å². The van der Waals surface area contributed by atoms with Crippen molar-refractivity contribution in [1.29, 1.82) is 0 Å². The second kappa shape index (κ2) is 8.90. The summed E-state index contributed by atoms with van der Waals surface area (Å²) >= 11 is 18.8. The van der Waals surface area contributed by atoms with E-state index < -0.39 is 36.0 Å². The standard InChI is InChI=1S/C18H11Cl3F6N2OS2/c1-7-2-12(31-14(7)15(30)28-6-17(22,23)24)11-5-16(32-29-11,18(25,26)27)8-3-9(19)13(21)10(20)4-8/h2-4H,5-6H2,1H3,(H,28,30). The monoisotopic (exact) mass is 554 g/mol. The molecule has 1 aromatic heterocycles. The Morgan fingerprint density at radius 1 is 1.12 bits per heavy atom. The summed E-state index contributed by atoms with van der Waals surface area (Å²) in [6.07, 6.45) is -9.95. The Labute approximate surface area is 201 Å². The normalized spacial score (nSPS) is 19.2. The maximum absolute atomic E-state index is 14.2. The van der Waals surface area contributed by atoms with E-state index in [1.54, 1.807) is 5.32 Å². The fourth-order valence-electron chi connectivity index (χ4n) is 2.94. The number of nitrogens with one attached hydrogen (secondary N) is 1. The number of hydrogen-bond donors (Lipinski definition) is 1. The molecule has 0 radical (unpaired) electrons. The topological polar surface area (TPSA) is 41.5 Å². The number of nitrogens with zero attached hydrogens (tertiary/aromatic N) is 1. The second-order valence-electron chi connectivity index (χ2n) is 6.81. The van der Waals surface area contributed by atoms with Crippen LogP contribution in [0, 0.1) is 6.92 Å². The van der Waals surface area contributed by atoms with Crippen LogP contribution < -0.4 is 5.32 Å². The van der Waals surface area contributed by atoms with Crippen LogP contribution in [-0.4, -0.2) is 30.5 Å². The summed E-state index contributed by atoms with van der Waals surface area (Å²) in [5, 5.41) is 1.36. The lowest BCUT2D eigenvalue weighted by Gasteiger charge is -2.30. The molecule has 1 amide bonds. The second-order valence-corrected chi connectivity index (χ2v) is 10.1. The summed E-state index contributed by atoms with van der Waals surface area (Å²) in [5.41, 5.74) is 0.113. The van der Waals surface area contributed by atoms with Crippen molar-refractivity contribution in [2.24, 2.45) is 4.40 Å². The Morgan fingerprint density at radius 2 is 1.72 bits per heavy atom. The van der Waals surface area contributed by atoms with Crippen LogP contribution in [0.1, 0.15) is 32.1 Å². The molecule has 0 aliphatic carbocycles. The summed E-state index contributed by atoms with van der Waals surface area (Å²) in [7, 11) is 0. The first-order chi connectivity index (χ1) is 14.6. The van der Waals surface area contributed by atoms with Crippen molar-refractivity contribution in [3.63, 3.8) is 0 Å². The minimum atomic E-state index is -4.76. The van der Waals surface area contributed by atoms with E-state index in [0.717, 1.165) is 23.5 Å². The lowest BCUT2D eigenvalue weighted by atomic mass is 9.91. The van der Waals surface area contributed by atoms with Crippen LogP contribution in [-0.2, 0) is 4.75 Å². The summed E-state index contributed by atoms with van der Waals surface area (Å²) < 4.78 is 81.1. The average molecular weight is 556 g/mol. The van der Waals surface area contributed by atoms with Crippen molar-refractivity contribution in [2.75, 3.05) is 6.54 Å². The number of hydrogen-bond acceptors (Lipinski definition) is 4. The molecule has 1 N–H and O–H groups in total. The number of benzene rings is 1. The quantitative estimate of drug-likeness (QED) is 0.240. The Hall–Kier alpha value is -1.14. The molecule has 0 saturated carbocycles. The van der Waals surface area contributed by atoms with E-state index in [-0.39, 0.29) is 48.0 Å². The number of amides is 1. The number of carbonyl (C=O) groups is 1. The van der Waals surface area contributed by atoms with Crippen LogP contribution in [0.15, 0.2) is 22.6 Å². The van der Waals surface area contributed by atoms with E-state index in [0.29, 0.717) is 5.56 Å². The maximum atomic E-state index is 14.2. The fourth-order valence-corrected chi connectivity index (χ4v) is 5.62. The molecule has 0 saturated heterocycles. The van der Waals surface area contributed by atoms with Gasteiger partial charge in [-0.25, -0.2) is 4.40 Å². The Balaban J connectivity index is 1.92. The molecule has 0 spiro atoms. The molecule has 2 heterocycles. The summed E-state index contributed by atoms with van der Waals surface area (Å²) in [5.74, 6) is -0.972. The van der Waals surface area contributed by atoms with Crippen LogP contribution in [0.5, 0.6) is 0 Å². The highest BCUT2D eigenvalue weighted by molar-refractivity contribution is 7.99. The molecular formula is C18H11Cl3F6N2OS2. The number of halogens is 9. The van der Waals surface area contributed by atoms with Crippen LogP contribution in [0.3, 0.4) is 0 Å². The molecule has 1 aliphatic heterocycles. The van der Waals surface area contributed by atoms with Crippen LogP contribution in [0.2, 0.25) is 15.1 Å². The molecule has 3 rings (SSSR count). The van der Waals surface area contributed by atoms with Crippen molar-refractivity contribution in [3.05, 3.63) is 54.1 Å². The molecule has 1 aromatic carbocycles. The predicted molar refractivity (Wildman–Crippen MR) is 115 cm³/mol. The third-order valence-corrected chi connectivity index (χ3v) is 8.21. The largest absolute Gasteiger partial charge is 0.409 e. The molecule has 32 heavy (non-hydrogen) atoms. The maximum Gasteiger partial charge on any atom is 0.409 e. The first kappa shape index (κ1) is 25.5. The van der Waals surface area contributed by atoms with E-state index in [1.807, 2.05) is 0 Å². The molecule has 1 atom stereocenters. The Morgan fingerprint density at radius 3 is 2.25 bits per heavy atom. The lowest BCUT2D eigenvalue weighted by Crippen LogP contribution is -2.38. The highest BCUT2D eigenvalue weighted by Crippen LogP contribution is 2.58. The van der Waals surface area contributed by atoms with Gasteiger partial charge < -0.3 is 5.32 Å². The van der Waals surface area contributed by atoms with Gasteiger partial charge in [-0.05, 0) is 48.2 Å². The number of rotatable bonds is 4. The van der Waals surface area contributed by atoms with Gasteiger partial charge in [0, 0.05) is 6.42 Å². The van der Waals surface area contributed by atoms with Crippen molar-refractivity contribution in [2.45, 2.75) is 30.4 Å². The molecule has 0 fully saturated rings. The van der Waals surface area contributed by atoms with Crippen molar-refractivity contribution >= 4 is 69.7 Å². The first-order valence-corrected chi connectivity index (χ1v) is 11.3. The molecule has 0 bridgehead atoms. The lowest BCUT2D eigenvalue weighted by molar-refractivity contribution is -0.159. The van der Waals surface area contributed by atoms with E-state index in [9.17, 15) is 31.1 Å². The SMILES string of the molecule is Cc1cc(C2=NSC(c3cc(Cl)c(Cl)c(Cl)c3)(C(F)(F)F)C2)sc1C(=O)NCC(F)(F)F. The van der Waals surface area contributed by atoms with Gasteiger partial charge in [-0.2, -0.15) is 26.3 Å². The molecular weight excluding hydrogens is 545 g/mol. The molecule has 3 nitrogen and oxygen atoms in total. The zero-order chi connectivity index (χ0) is 24.1. The van der Waals surface area contributed by atoms with Gasteiger partial charge in [0.1, 0.15) is 6.54 Å². The summed E-state index contributed by atoms with van der Waals surface area (Å²) in [6.45, 7) is -0.0501. The molecule has 1 unspecified atom stereocenters. The fraction of sp³-hybridized carbons (Fsp3) is 0.333. The average Bonchev–Trinajstić information content (AvgIpc) is 3.27. The molecule has 1 aliphatic rings. The molecule has 14 heteroatoms. The minimum Gasteiger partial charge on any atom is -0.342 e. The first-order valence-electron chi connectivity index (χ1n) is 8.57. The Kier molecular flexibility index (Phi) is 7.09. The zero-order valence-electron chi connectivity index (χ0n) is 15.7. The van der Waals surface area contributed by atoms with Gasteiger partial charge >= 0.3 is 12.4 Å². The van der Waals surface area contributed by atoms with Gasteiger partial charge in [0.2, 0.25) is 0 Å². The van der Waals surface area contributed by atoms with Gasteiger partial charge in [0.05, 0.1) is 30.5 Å². The predicted octanol–water partition coefficient (Wildman–Crippen LogP) is 7.61. The molecule has 174 valence electrons. The smallest absolute Gasteiger partial charge is 0.342 e. The van der Waals surface area contributed by atoms with Crippen LogP contribution in [0.25, 0.3) is 0 Å². The Bertz CT molecular complexity index is 1080. The van der Waals surface area contributed by atoms with E-state index in [2.05, 4.69) is 4.40 Å². The van der Waals surface area contributed by atoms with E-state index in [1.165, 1.54) is 13.0 Å². The number of carbonyl (C=O) groups excluding carboxylic acids is 1. The number of alkyl halides is 6. The zero-order valence-corrected chi connectivity index (χ0v) is 19.6. The summed E-state index contributed by atoms with van der Waals surface area (Å²) in [4.78, 5) is 12.3. The van der Waals surface area contributed by atoms with Gasteiger partial charge in [-0.15, -0.1) is 11.3 Å². The number of thiophene rings is 1. The summed E-state index contributed by atoms with van der Waals surface area (Å²) in [6, 6.07) is 3.57. The third kappa shape index (κ3) is 5.01.